The maximum atomic E-state index is 13.2. The van der Waals surface area contributed by atoms with Crippen molar-refractivity contribution in [3.8, 4) is 0 Å². The second-order valence-electron chi connectivity index (χ2n) is 10.4. The largest absolute Gasteiger partial charge is 0.416 e. The first kappa shape index (κ1) is 27.2. The average molecular weight is 547 g/mol. The molecule has 210 valence electrons. The van der Waals surface area contributed by atoms with Gasteiger partial charge in [-0.2, -0.15) is 18.3 Å². The van der Waals surface area contributed by atoms with E-state index < -0.39 is 11.7 Å². The molecule has 3 aromatic rings. The van der Waals surface area contributed by atoms with E-state index in [1.54, 1.807) is 6.08 Å². The summed E-state index contributed by atoms with van der Waals surface area (Å²) in [6.07, 6.45) is -1.58. The molecular weight excluding hydrogens is 513 g/mol. The number of rotatable bonds is 10. The number of anilines is 2. The van der Waals surface area contributed by atoms with E-state index in [1.165, 1.54) is 6.07 Å². The van der Waals surface area contributed by atoms with Crippen molar-refractivity contribution in [3.63, 3.8) is 0 Å². The number of carbonyl (C=O) groups is 1. The highest BCUT2D eigenvalue weighted by atomic mass is 19.4. The SMILES string of the molecule is C=CCO[C@H]1CN(C2CCN(c3c(C)noc3C)C2)CC1CC(=O)CNc1n[nH]c2ccc(C(F)(F)F)cc12. The number of aromatic amines is 1. The molecule has 2 fully saturated rings. The molecule has 2 aliphatic rings. The molecule has 4 heterocycles. The van der Waals surface area contributed by atoms with Gasteiger partial charge in [0.25, 0.3) is 0 Å². The molecule has 12 heteroatoms. The van der Waals surface area contributed by atoms with E-state index in [1.807, 2.05) is 13.8 Å². The topological polar surface area (TPSA) is 99.5 Å². The number of H-pyrrole nitrogens is 1. The molecule has 2 unspecified atom stereocenters. The van der Waals surface area contributed by atoms with Gasteiger partial charge in [0.05, 0.1) is 30.3 Å². The van der Waals surface area contributed by atoms with Gasteiger partial charge in [-0.1, -0.05) is 11.2 Å². The van der Waals surface area contributed by atoms with E-state index in [2.05, 4.69) is 37.0 Å². The lowest BCUT2D eigenvalue weighted by atomic mass is 9.99. The zero-order chi connectivity index (χ0) is 27.7. The maximum Gasteiger partial charge on any atom is 0.416 e. The van der Waals surface area contributed by atoms with Crippen LogP contribution in [-0.2, 0) is 15.7 Å². The fraction of sp³-hybridized carbons (Fsp3) is 0.519. The molecule has 0 bridgehead atoms. The number of nitrogens with one attached hydrogen (secondary N) is 2. The summed E-state index contributed by atoms with van der Waals surface area (Å²) in [5.74, 6) is 0.987. The molecule has 0 spiro atoms. The van der Waals surface area contributed by atoms with Crippen molar-refractivity contribution in [1.29, 1.82) is 0 Å². The number of ether oxygens (including phenoxy) is 1. The van der Waals surface area contributed by atoms with Gasteiger partial charge in [0, 0.05) is 49.9 Å². The van der Waals surface area contributed by atoms with Crippen LogP contribution in [0.3, 0.4) is 0 Å². The highest BCUT2D eigenvalue weighted by molar-refractivity contribution is 5.92. The highest BCUT2D eigenvalue weighted by Crippen LogP contribution is 2.34. The maximum absolute atomic E-state index is 13.2. The van der Waals surface area contributed by atoms with Gasteiger partial charge < -0.3 is 19.5 Å². The Kier molecular flexibility index (Phi) is 7.68. The van der Waals surface area contributed by atoms with Crippen molar-refractivity contribution in [3.05, 3.63) is 47.9 Å². The Labute approximate surface area is 224 Å². The molecule has 2 aliphatic heterocycles. The molecule has 0 radical (unpaired) electrons. The minimum atomic E-state index is -4.46. The number of halogens is 3. The summed E-state index contributed by atoms with van der Waals surface area (Å²) in [5, 5.41) is 14.1. The van der Waals surface area contributed by atoms with Crippen LogP contribution in [0.15, 0.2) is 35.4 Å². The van der Waals surface area contributed by atoms with E-state index >= 15 is 0 Å². The van der Waals surface area contributed by atoms with Gasteiger partial charge in [0.2, 0.25) is 0 Å². The molecule has 0 saturated carbocycles. The number of ketones is 1. The van der Waals surface area contributed by atoms with E-state index in [0.29, 0.717) is 30.0 Å². The third-order valence-corrected chi connectivity index (χ3v) is 7.66. The molecule has 2 N–H and O–H groups in total. The number of benzene rings is 1. The summed E-state index contributed by atoms with van der Waals surface area (Å²) in [4.78, 5) is 17.7. The van der Waals surface area contributed by atoms with E-state index in [0.717, 1.165) is 61.9 Å². The molecule has 5 rings (SSSR count). The van der Waals surface area contributed by atoms with E-state index in [4.69, 9.17) is 9.26 Å². The van der Waals surface area contributed by atoms with Gasteiger partial charge in [0.1, 0.15) is 11.4 Å². The zero-order valence-electron chi connectivity index (χ0n) is 22.1. The molecule has 0 amide bonds. The van der Waals surface area contributed by atoms with Gasteiger partial charge in [0.15, 0.2) is 17.4 Å². The summed E-state index contributed by atoms with van der Waals surface area (Å²) >= 11 is 0. The third-order valence-electron chi connectivity index (χ3n) is 7.66. The van der Waals surface area contributed by atoms with Crippen LogP contribution in [-0.4, -0.2) is 77.5 Å². The fourth-order valence-electron chi connectivity index (χ4n) is 5.79. The summed E-state index contributed by atoms with van der Waals surface area (Å²) in [7, 11) is 0. The Hall–Kier alpha value is -3.38. The predicted molar refractivity (Wildman–Crippen MR) is 141 cm³/mol. The van der Waals surface area contributed by atoms with Crippen LogP contribution in [0, 0.1) is 19.8 Å². The monoisotopic (exact) mass is 546 g/mol. The first-order chi connectivity index (χ1) is 18.6. The van der Waals surface area contributed by atoms with Crippen LogP contribution < -0.4 is 10.2 Å². The second kappa shape index (κ2) is 11.0. The Morgan fingerprint density at radius 2 is 2.13 bits per heavy atom. The van der Waals surface area contributed by atoms with Crippen LogP contribution in [0.4, 0.5) is 24.7 Å². The van der Waals surface area contributed by atoms with E-state index in [-0.39, 0.29) is 30.2 Å². The molecule has 2 saturated heterocycles. The summed E-state index contributed by atoms with van der Waals surface area (Å²) in [5.41, 5.74) is 1.64. The number of hydrogen-bond donors (Lipinski definition) is 2. The van der Waals surface area contributed by atoms with Gasteiger partial charge in [-0.3, -0.25) is 14.8 Å². The molecule has 0 aliphatic carbocycles. The van der Waals surface area contributed by atoms with Crippen molar-refractivity contribution in [2.75, 3.05) is 49.5 Å². The molecule has 2 aromatic heterocycles. The molecule has 9 nitrogen and oxygen atoms in total. The van der Waals surface area contributed by atoms with Gasteiger partial charge in [-0.15, -0.1) is 6.58 Å². The number of hydrogen-bond acceptors (Lipinski definition) is 8. The first-order valence-electron chi connectivity index (χ1n) is 13.1. The van der Waals surface area contributed by atoms with Crippen LogP contribution in [0.1, 0.15) is 29.9 Å². The lowest BCUT2D eigenvalue weighted by Crippen LogP contribution is -2.37. The van der Waals surface area contributed by atoms with Crippen molar-refractivity contribution in [2.45, 2.75) is 45.0 Å². The van der Waals surface area contributed by atoms with Gasteiger partial charge in [-0.05, 0) is 38.5 Å². The van der Waals surface area contributed by atoms with Crippen molar-refractivity contribution < 1.29 is 27.2 Å². The third kappa shape index (κ3) is 5.81. The van der Waals surface area contributed by atoms with Crippen LogP contribution >= 0.6 is 0 Å². The molecule has 1 aromatic carbocycles. The smallest absolute Gasteiger partial charge is 0.372 e. The number of nitrogens with zero attached hydrogens (tertiary/aromatic N) is 4. The van der Waals surface area contributed by atoms with Crippen LogP contribution in [0.25, 0.3) is 10.9 Å². The highest BCUT2D eigenvalue weighted by Gasteiger charge is 2.40. The minimum absolute atomic E-state index is 0.000115. The second-order valence-corrected chi connectivity index (χ2v) is 10.4. The van der Waals surface area contributed by atoms with Gasteiger partial charge in [-0.25, -0.2) is 0 Å². The molecule has 3 atom stereocenters. The summed E-state index contributed by atoms with van der Waals surface area (Å²) in [6, 6.07) is 3.70. The quantitative estimate of drug-likeness (QED) is 0.363. The van der Waals surface area contributed by atoms with E-state index in [9.17, 15) is 18.0 Å². The average Bonchev–Trinajstić information content (AvgIpc) is 3.67. The van der Waals surface area contributed by atoms with Crippen LogP contribution in [0.5, 0.6) is 0 Å². The lowest BCUT2D eigenvalue weighted by Gasteiger charge is -2.25. The van der Waals surface area contributed by atoms with Gasteiger partial charge >= 0.3 is 6.18 Å². The number of likely N-dealkylation sites (tertiary alicyclic amines) is 1. The fourth-order valence-corrected chi connectivity index (χ4v) is 5.79. The molecular formula is C27H33F3N6O3. The standard InChI is InChI=1S/C27H33F3N6O3/c1-4-9-38-24-15-36(20-7-8-35(14-20)25-16(2)34-39-17(25)3)13-18(24)10-21(37)12-31-26-22-11-19(27(28,29)30)5-6-23(22)32-33-26/h4-6,11,18,20,24H,1,7-10,12-15H2,2-3H3,(H2,31,32,33)/t18?,20?,24-/m0/s1. The number of carbonyl (C=O) groups excluding carboxylic acids is 1. The number of alkyl halides is 3. The Morgan fingerprint density at radius 3 is 2.85 bits per heavy atom. The number of aromatic nitrogens is 3. The van der Waals surface area contributed by atoms with Crippen molar-refractivity contribution >= 4 is 28.2 Å². The number of Topliss-reactive ketones (excluding diaryl/α,β-unsaturated/α-hetero) is 1. The van der Waals surface area contributed by atoms with Crippen LogP contribution in [0.2, 0.25) is 0 Å². The Bertz CT molecular complexity index is 1320. The number of aryl methyl sites for hydroxylation is 2. The lowest BCUT2D eigenvalue weighted by molar-refractivity contribution is -0.137. The zero-order valence-corrected chi connectivity index (χ0v) is 22.1. The van der Waals surface area contributed by atoms with Crippen molar-refractivity contribution in [1.82, 2.24) is 20.3 Å². The predicted octanol–water partition coefficient (Wildman–Crippen LogP) is 4.34. The normalized spacial score (nSPS) is 22.2. The number of fused-ring (bicyclic) bond motifs is 1. The summed E-state index contributed by atoms with van der Waals surface area (Å²) in [6.45, 7) is 11.2. The first-order valence-corrected chi connectivity index (χ1v) is 13.1. The summed E-state index contributed by atoms with van der Waals surface area (Å²) < 4.78 is 50.9. The molecule has 39 heavy (non-hydrogen) atoms. The Morgan fingerprint density at radius 1 is 1.31 bits per heavy atom. The Balaban J connectivity index is 1.20. The minimum Gasteiger partial charge on any atom is -0.372 e. The van der Waals surface area contributed by atoms with Crippen molar-refractivity contribution in [2.24, 2.45) is 5.92 Å².